The van der Waals surface area contributed by atoms with Gasteiger partial charge in [-0.25, -0.2) is 0 Å². The van der Waals surface area contributed by atoms with Gasteiger partial charge in [-0.2, -0.15) is 0 Å². The van der Waals surface area contributed by atoms with Crippen LogP contribution in [0.4, 0.5) is 0 Å². The van der Waals surface area contributed by atoms with Crippen LogP contribution in [0, 0.1) is 32.5 Å². The first-order chi connectivity index (χ1) is 50.8. The lowest BCUT2D eigenvalue weighted by molar-refractivity contribution is -0.119. The van der Waals surface area contributed by atoms with Gasteiger partial charge in [-0.1, -0.05) is 197 Å². The van der Waals surface area contributed by atoms with Crippen LogP contribution in [0.5, 0.6) is 0 Å². The maximum absolute atomic E-state index is 11.6. The zero-order chi connectivity index (χ0) is 86.2. The van der Waals surface area contributed by atoms with Gasteiger partial charge in [0.25, 0.3) is 0 Å². The molecule has 0 radical (unpaired) electrons. The predicted molar refractivity (Wildman–Crippen MR) is 453 cm³/mol. The first kappa shape index (κ1) is 112. The van der Waals surface area contributed by atoms with Crippen molar-refractivity contribution in [1.29, 1.82) is 0 Å². The van der Waals surface area contributed by atoms with Gasteiger partial charge >= 0.3 is 0 Å². The molecule has 0 bridgehead atoms. The molecule has 28 heteroatoms. The highest BCUT2D eigenvalue weighted by Crippen LogP contribution is 2.16. The number of rotatable bonds is 47. The van der Waals surface area contributed by atoms with E-state index in [0.29, 0.717) is 69.7 Å². The van der Waals surface area contributed by atoms with E-state index in [9.17, 15) is 52.7 Å². The van der Waals surface area contributed by atoms with Crippen molar-refractivity contribution >= 4 is 65.0 Å². The molecule has 0 aromatic heterocycles. The second-order valence-electron chi connectivity index (χ2n) is 32.7. The molecule has 0 rings (SSSR count). The summed E-state index contributed by atoms with van der Waals surface area (Å²) >= 11 is 0. The number of carbonyl (C=O) groups is 11. The minimum Gasteiger partial charge on any atom is -0.353 e. The van der Waals surface area contributed by atoms with Crippen molar-refractivity contribution in [3.8, 4) is 0 Å². The summed E-state index contributed by atoms with van der Waals surface area (Å²) in [5.74, 6) is -2.52. The molecule has 16 N–H and O–H groups in total. The van der Waals surface area contributed by atoms with Crippen LogP contribution in [0.2, 0.25) is 0 Å². The van der Waals surface area contributed by atoms with Gasteiger partial charge in [0, 0.05) is 130 Å². The Hall–Kier alpha value is -8.93. The fourth-order valence-corrected chi connectivity index (χ4v) is 7.95. The van der Waals surface area contributed by atoms with E-state index < -0.39 is 5.54 Å². The molecule has 0 saturated heterocycles. The maximum atomic E-state index is 11.6. The molecule has 1 atom stereocenters. The lowest BCUT2D eigenvalue weighted by Gasteiger charge is -2.37. The van der Waals surface area contributed by atoms with E-state index in [1.807, 2.05) is 0 Å². The SMILES string of the molecule is C=CC(=O)NCC(CNC(=O)C=C)(CNC(=O)C=C)NCC(C)(C)C.C=CC(=O)NCC(CNC(=O)C=C)NCC(C)(C)C.C=CC(=O)NCC(CNCC(C)(C)C)NC(=O)C=C.C=CC(=O)NCCCNCC(C)(C)C.C=CC(=O)NCCN(CCNC(=O)C=C)CC(C)(C)C.C=CC(=O)NCCNCC(C)(C)C. The normalized spacial score (nSPS) is 11.3. The Morgan fingerprint density at radius 2 is 0.555 bits per heavy atom. The minimum absolute atomic E-state index is 0.0352. The lowest BCUT2D eigenvalue weighted by atomic mass is 9.92. The number of hydrogen-bond acceptors (Lipinski definition) is 17. The van der Waals surface area contributed by atoms with Gasteiger partial charge in [0.1, 0.15) is 0 Å². The van der Waals surface area contributed by atoms with Crippen LogP contribution in [0.15, 0.2) is 139 Å². The molecule has 0 aromatic carbocycles. The highest BCUT2D eigenvalue weighted by molar-refractivity contribution is 5.91. The van der Waals surface area contributed by atoms with Gasteiger partial charge in [-0.05, 0) is 119 Å². The first-order valence-electron chi connectivity index (χ1n) is 37.1. The van der Waals surface area contributed by atoms with Gasteiger partial charge in [-0.15, -0.1) is 0 Å². The smallest absolute Gasteiger partial charge is 0.243 e. The van der Waals surface area contributed by atoms with Crippen molar-refractivity contribution in [3.63, 3.8) is 0 Å². The Labute approximate surface area is 662 Å². The standard InChI is InChI=1S/C18H30N4O3.C15H27N3O2.2C14H25N3O2.C11H22N2O.C10H20N2O/c1-7-14(23)19-11-18(12-20-15(24)8-2,13-21-16(25)9-3)22-10-17(4,5)6;1-6-13(19)16-8-10-18(12-15(3,4)5)11-9-17-14(20)7-2;1-6-12(18)15-8-11(9-16-13(19)7-2)17-10-14(3,4)5;1-6-12(18)16-9-11(17-13(19)7-2)8-15-10-14(3,4)5;1-5-10(14)13-8-6-7-12-9-11(2,3)4;1-5-9(13)12-7-6-11-8-10(2,3)4/h7-9,22H,1-3,10-13H2,4-6H3,(H,19,23)(H,20,24)(H,21,25);6-7H,1-2,8-12H2,3-5H3,(H,16,19)(H,17,20);6-7,11,17H,1-2,8-10H2,3-5H3,(H,15,18)(H,16,19);6-7,11,15H,1-2,8-10H2,3-5H3,(H,16,18)(H,17,19);5,12H,1,6-9H2,2-4H3,(H,13,14);5,11H,1,6-8H2,2-4H3,(H,12,13). The van der Waals surface area contributed by atoms with Crippen LogP contribution in [-0.2, 0) is 52.7 Å². The zero-order valence-electron chi connectivity index (χ0n) is 70.8. The van der Waals surface area contributed by atoms with Crippen LogP contribution in [0.3, 0.4) is 0 Å². The van der Waals surface area contributed by atoms with Crippen molar-refractivity contribution in [2.75, 3.05) is 137 Å². The average molecular weight is 1550 g/mol. The fraction of sp³-hybridized carbons (Fsp3) is 0.598. The second kappa shape index (κ2) is 63.8. The molecule has 0 aliphatic carbocycles. The third-order valence-corrected chi connectivity index (χ3v) is 13.6. The highest BCUT2D eigenvalue weighted by atomic mass is 16.2. The Morgan fingerprint density at radius 1 is 0.273 bits per heavy atom. The number of carbonyl (C=O) groups excluding carboxylic acids is 11. The van der Waals surface area contributed by atoms with Gasteiger partial charge in [0.05, 0.1) is 11.6 Å². The molecule has 11 amide bonds. The summed E-state index contributed by atoms with van der Waals surface area (Å²) in [7, 11) is 0. The number of nitrogens with one attached hydrogen (secondary N) is 16. The van der Waals surface area contributed by atoms with E-state index >= 15 is 0 Å². The Kier molecular flexibility index (Phi) is 65.0. The Morgan fingerprint density at radius 3 is 0.873 bits per heavy atom. The van der Waals surface area contributed by atoms with Crippen molar-refractivity contribution in [1.82, 2.24) is 90.0 Å². The molecule has 628 valence electrons. The van der Waals surface area contributed by atoms with Crippen LogP contribution < -0.4 is 85.1 Å². The van der Waals surface area contributed by atoms with E-state index in [1.165, 1.54) is 66.8 Å². The van der Waals surface area contributed by atoms with E-state index in [1.54, 1.807) is 0 Å². The lowest BCUT2D eigenvalue weighted by Crippen LogP contribution is -2.65. The molecule has 1 unspecified atom stereocenters. The highest BCUT2D eigenvalue weighted by Gasteiger charge is 2.33. The Bertz CT molecular complexity index is 2720. The number of hydrogen-bond donors (Lipinski definition) is 16. The van der Waals surface area contributed by atoms with Crippen molar-refractivity contribution in [2.45, 2.75) is 149 Å². The summed E-state index contributed by atoms with van der Waals surface area (Å²) in [5.41, 5.74) is 0.236. The maximum Gasteiger partial charge on any atom is 0.243 e. The van der Waals surface area contributed by atoms with E-state index in [0.717, 1.165) is 65.3 Å². The molecule has 110 heavy (non-hydrogen) atoms. The monoisotopic (exact) mass is 1550 g/mol. The molecule has 0 aliphatic rings. The topological polar surface area (TPSA) is 383 Å². The summed E-state index contributed by atoms with van der Waals surface area (Å²) in [6, 6.07) is -0.219. The summed E-state index contributed by atoms with van der Waals surface area (Å²) in [5, 5.41) is 46.5. The quantitative estimate of drug-likeness (QED) is 0.0292. The third-order valence-electron chi connectivity index (χ3n) is 13.6. The molecule has 0 fully saturated rings. The predicted octanol–water partition coefficient (Wildman–Crippen LogP) is 4.64. The Balaban J connectivity index is -0.000000299. The van der Waals surface area contributed by atoms with Crippen LogP contribution in [0.1, 0.15) is 131 Å². The molecule has 0 aromatic rings. The summed E-state index contributed by atoms with van der Waals surface area (Å²) in [6.45, 7) is 88.9. The van der Waals surface area contributed by atoms with E-state index in [-0.39, 0.29) is 118 Å². The van der Waals surface area contributed by atoms with E-state index in [2.05, 4.69) is 287 Å². The van der Waals surface area contributed by atoms with Crippen molar-refractivity contribution < 1.29 is 52.7 Å². The molecule has 0 heterocycles. The summed E-state index contributed by atoms with van der Waals surface area (Å²) < 4.78 is 0. The van der Waals surface area contributed by atoms with E-state index in [4.69, 9.17) is 0 Å². The second-order valence-corrected chi connectivity index (χ2v) is 32.7. The number of amides is 11. The van der Waals surface area contributed by atoms with Crippen molar-refractivity contribution in [3.05, 3.63) is 139 Å². The molecular formula is C82H149N17O11. The van der Waals surface area contributed by atoms with Gasteiger partial charge in [0.2, 0.25) is 65.0 Å². The number of nitrogens with zero attached hydrogens (tertiary/aromatic N) is 1. The summed E-state index contributed by atoms with van der Waals surface area (Å²) in [6.07, 6.45) is 14.4. The summed E-state index contributed by atoms with van der Waals surface area (Å²) in [4.78, 5) is 125. The minimum atomic E-state index is -0.788. The molecule has 0 aliphatic heterocycles. The fourth-order valence-electron chi connectivity index (χ4n) is 7.95. The van der Waals surface area contributed by atoms with Crippen LogP contribution in [0.25, 0.3) is 0 Å². The van der Waals surface area contributed by atoms with Crippen LogP contribution in [-0.4, -0.2) is 225 Å². The van der Waals surface area contributed by atoms with Crippen molar-refractivity contribution in [2.24, 2.45) is 32.5 Å². The largest absolute Gasteiger partial charge is 0.353 e. The molecule has 0 saturated carbocycles. The average Bonchev–Trinajstić information content (AvgIpc) is 0.847. The molecule has 28 nitrogen and oxygen atoms in total. The molecular weight excluding hydrogens is 1400 g/mol. The first-order valence-corrected chi connectivity index (χ1v) is 37.1. The van der Waals surface area contributed by atoms with Gasteiger partial charge in [-0.3, -0.25) is 57.6 Å². The van der Waals surface area contributed by atoms with Gasteiger partial charge in [0.15, 0.2) is 0 Å². The molecule has 0 spiro atoms. The zero-order valence-corrected chi connectivity index (χ0v) is 70.8. The van der Waals surface area contributed by atoms with Crippen LogP contribution >= 0.6 is 0 Å². The third kappa shape index (κ3) is 84.7. The van der Waals surface area contributed by atoms with Gasteiger partial charge < -0.3 is 85.1 Å².